The molecule has 1 aliphatic heterocycles. The van der Waals surface area contributed by atoms with Gasteiger partial charge >= 0.3 is 0 Å². The first-order valence-electron chi connectivity index (χ1n) is 11.7. The van der Waals surface area contributed by atoms with Gasteiger partial charge in [-0.05, 0) is 50.1 Å². The third-order valence-corrected chi connectivity index (χ3v) is 8.37. The topological polar surface area (TPSA) is 79.5 Å². The van der Waals surface area contributed by atoms with Crippen LogP contribution < -0.4 is 4.90 Å². The minimum absolute atomic E-state index is 0.180. The van der Waals surface area contributed by atoms with Crippen molar-refractivity contribution in [2.45, 2.75) is 25.7 Å². The molecule has 0 saturated carbocycles. The molecule has 35 heavy (non-hydrogen) atoms. The predicted molar refractivity (Wildman–Crippen MR) is 137 cm³/mol. The number of piperazine rings is 1. The molecule has 1 saturated heterocycles. The molecule has 3 aromatic carbocycles. The van der Waals surface area contributed by atoms with Gasteiger partial charge in [0.1, 0.15) is 0 Å². The first kappa shape index (κ1) is 23.3. The second-order valence-electron chi connectivity index (χ2n) is 8.97. The lowest BCUT2D eigenvalue weighted by atomic mass is 10.1. The highest BCUT2D eigenvalue weighted by Crippen LogP contribution is 2.31. The molecule has 0 aliphatic carbocycles. The quantitative estimate of drug-likeness (QED) is 0.400. The Morgan fingerprint density at radius 2 is 1.51 bits per heavy atom. The Hall–Kier alpha value is -3.49. The van der Waals surface area contributed by atoms with Gasteiger partial charge in [0, 0.05) is 37.4 Å². The predicted octanol–water partition coefficient (Wildman–Crippen LogP) is 4.84. The highest BCUT2D eigenvalue weighted by atomic mass is 32.2. The number of nitrogens with zero attached hydrogens (tertiary/aromatic N) is 4. The molecule has 7 nitrogen and oxygen atoms in total. The Bertz CT molecular complexity index is 1450. The van der Waals surface area contributed by atoms with Gasteiger partial charge in [0.2, 0.25) is 15.8 Å². The molecule has 0 radical (unpaired) electrons. The van der Waals surface area contributed by atoms with Crippen LogP contribution in [-0.4, -0.2) is 49.0 Å². The molecule has 5 rings (SSSR count). The van der Waals surface area contributed by atoms with Gasteiger partial charge in [-0.25, -0.2) is 8.42 Å². The fourth-order valence-corrected chi connectivity index (χ4v) is 6.00. The van der Waals surface area contributed by atoms with Crippen molar-refractivity contribution in [1.29, 1.82) is 0 Å². The lowest BCUT2D eigenvalue weighted by molar-refractivity contribution is 0.384. The van der Waals surface area contributed by atoms with Gasteiger partial charge in [-0.3, -0.25) is 0 Å². The zero-order valence-corrected chi connectivity index (χ0v) is 20.9. The maximum atomic E-state index is 13.7. The molecule has 0 unspecified atom stereocenters. The highest BCUT2D eigenvalue weighted by molar-refractivity contribution is 7.89. The first-order valence-corrected chi connectivity index (χ1v) is 13.1. The summed E-state index contributed by atoms with van der Waals surface area (Å²) >= 11 is 0. The fourth-order valence-electron chi connectivity index (χ4n) is 4.39. The largest absolute Gasteiger partial charge is 0.369 e. The molecule has 1 aliphatic rings. The van der Waals surface area contributed by atoms with Crippen molar-refractivity contribution in [2.24, 2.45) is 0 Å². The Morgan fingerprint density at radius 3 is 2.26 bits per heavy atom. The molecule has 1 aromatic heterocycles. The van der Waals surface area contributed by atoms with E-state index in [2.05, 4.69) is 47.1 Å². The zero-order chi connectivity index (χ0) is 24.6. The van der Waals surface area contributed by atoms with Crippen LogP contribution in [0.3, 0.4) is 0 Å². The summed E-state index contributed by atoms with van der Waals surface area (Å²) in [6.45, 7) is 8.23. The molecule has 0 bridgehead atoms. The number of sulfonamides is 1. The van der Waals surface area contributed by atoms with Gasteiger partial charge in [0.25, 0.3) is 5.89 Å². The first-order chi connectivity index (χ1) is 16.8. The van der Waals surface area contributed by atoms with Crippen LogP contribution in [0.2, 0.25) is 0 Å². The molecule has 4 aromatic rings. The van der Waals surface area contributed by atoms with E-state index in [-0.39, 0.29) is 10.8 Å². The smallest absolute Gasteiger partial charge is 0.259 e. The van der Waals surface area contributed by atoms with E-state index in [0.717, 1.165) is 16.8 Å². The van der Waals surface area contributed by atoms with Crippen LogP contribution in [-0.2, 0) is 10.0 Å². The lowest BCUT2D eigenvalue weighted by Crippen LogP contribution is -2.49. The molecular formula is C27H28N4O3S. The molecule has 8 heteroatoms. The Balaban J connectivity index is 1.39. The standard InChI is InChI=1S/C27H28N4O3S/c1-19-9-12-22(13-10-19)26-28-27(34-29-26)23-6-4-5-7-25(23)35(32,33)31-16-14-30(15-17-31)24-18-20(2)8-11-21(24)3/h4-13,18H,14-17H2,1-3H3. The molecule has 1 fully saturated rings. The number of rotatable bonds is 5. The van der Waals surface area contributed by atoms with Crippen LogP contribution in [0.5, 0.6) is 0 Å². The monoisotopic (exact) mass is 488 g/mol. The summed E-state index contributed by atoms with van der Waals surface area (Å²) in [4.78, 5) is 6.94. The van der Waals surface area contributed by atoms with Crippen LogP contribution in [0.15, 0.2) is 76.1 Å². The van der Waals surface area contributed by atoms with Crippen LogP contribution >= 0.6 is 0 Å². The number of hydrogen-bond acceptors (Lipinski definition) is 6. The second kappa shape index (κ2) is 9.28. The van der Waals surface area contributed by atoms with Crippen molar-refractivity contribution < 1.29 is 12.9 Å². The summed E-state index contributed by atoms with van der Waals surface area (Å²) in [6.07, 6.45) is 0. The van der Waals surface area contributed by atoms with Gasteiger partial charge in [-0.15, -0.1) is 0 Å². The zero-order valence-electron chi connectivity index (χ0n) is 20.1. The van der Waals surface area contributed by atoms with E-state index in [1.54, 1.807) is 28.6 Å². The number of aromatic nitrogens is 2. The minimum atomic E-state index is -3.75. The maximum absolute atomic E-state index is 13.7. The summed E-state index contributed by atoms with van der Waals surface area (Å²) in [5, 5.41) is 4.09. The molecule has 0 amide bonds. The SMILES string of the molecule is Cc1ccc(-c2noc(-c3ccccc3S(=O)(=O)N3CCN(c4cc(C)ccc4C)CC3)n2)cc1. The minimum Gasteiger partial charge on any atom is -0.369 e. The Kier molecular flexibility index (Phi) is 6.17. The van der Waals surface area contributed by atoms with Gasteiger partial charge in [0.15, 0.2) is 0 Å². The summed E-state index contributed by atoms with van der Waals surface area (Å²) < 4.78 is 34.4. The third-order valence-electron chi connectivity index (χ3n) is 6.42. The summed E-state index contributed by atoms with van der Waals surface area (Å²) in [7, 11) is -3.75. The molecule has 2 heterocycles. The normalized spacial score (nSPS) is 14.9. The fraction of sp³-hybridized carbons (Fsp3) is 0.259. The third kappa shape index (κ3) is 4.59. The second-order valence-corrected chi connectivity index (χ2v) is 10.9. The van der Waals surface area contributed by atoms with E-state index < -0.39 is 10.0 Å². The van der Waals surface area contributed by atoms with Crippen LogP contribution in [0.4, 0.5) is 5.69 Å². The van der Waals surface area contributed by atoms with Crippen LogP contribution in [0.25, 0.3) is 22.8 Å². The van der Waals surface area contributed by atoms with Crippen molar-refractivity contribution >= 4 is 15.7 Å². The van der Waals surface area contributed by atoms with Crippen molar-refractivity contribution in [3.05, 3.63) is 83.4 Å². The van der Waals surface area contributed by atoms with Crippen LogP contribution in [0.1, 0.15) is 16.7 Å². The maximum Gasteiger partial charge on any atom is 0.259 e. The van der Waals surface area contributed by atoms with Gasteiger partial charge < -0.3 is 9.42 Å². The van der Waals surface area contributed by atoms with Crippen molar-refractivity contribution in [3.63, 3.8) is 0 Å². The molecule has 0 spiro atoms. The Labute approximate surface area is 206 Å². The van der Waals surface area contributed by atoms with Crippen LogP contribution in [0, 0.1) is 20.8 Å². The lowest BCUT2D eigenvalue weighted by Gasteiger charge is -2.36. The molecule has 0 N–H and O–H groups in total. The Morgan fingerprint density at radius 1 is 0.829 bits per heavy atom. The summed E-state index contributed by atoms with van der Waals surface area (Å²) in [5.41, 5.74) is 5.91. The number of benzene rings is 3. The number of anilines is 1. The van der Waals surface area contributed by atoms with Gasteiger partial charge in [-0.2, -0.15) is 9.29 Å². The van der Waals surface area contributed by atoms with E-state index in [1.807, 2.05) is 31.2 Å². The summed E-state index contributed by atoms with van der Waals surface area (Å²) in [6, 6.07) is 21.0. The molecular weight excluding hydrogens is 460 g/mol. The average Bonchev–Trinajstić information content (AvgIpc) is 3.36. The van der Waals surface area contributed by atoms with Crippen molar-refractivity contribution in [3.8, 4) is 22.8 Å². The van der Waals surface area contributed by atoms with Crippen molar-refractivity contribution in [2.75, 3.05) is 31.1 Å². The average molecular weight is 489 g/mol. The molecule has 180 valence electrons. The van der Waals surface area contributed by atoms with E-state index in [0.29, 0.717) is 37.6 Å². The van der Waals surface area contributed by atoms with Crippen molar-refractivity contribution in [1.82, 2.24) is 14.4 Å². The van der Waals surface area contributed by atoms with E-state index >= 15 is 0 Å². The highest BCUT2D eigenvalue weighted by Gasteiger charge is 2.32. The van der Waals surface area contributed by atoms with Gasteiger partial charge in [-0.1, -0.05) is 59.3 Å². The van der Waals surface area contributed by atoms with E-state index in [9.17, 15) is 8.42 Å². The molecule has 0 atom stereocenters. The number of aryl methyl sites for hydroxylation is 3. The van der Waals surface area contributed by atoms with Gasteiger partial charge in [0.05, 0.1) is 10.5 Å². The van der Waals surface area contributed by atoms with E-state index in [1.165, 1.54) is 11.1 Å². The summed E-state index contributed by atoms with van der Waals surface area (Å²) in [5.74, 6) is 0.614. The number of hydrogen-bond donors (Lipinski definition) is 0. The van der Waals surface area contributed by atoms with E-state index in [4.69, 9.17) is 4.52 Å².